The van der Waals surface area contributed by atoms with Crippen LogP contribution in [-0.4, -0.2) is 10.2 Å². The summed E-state index contributed by atoms with van der Waals surface area (Å²) in [6, 6.07) is 0. The highest BCUT2D eigenvalue weighted by molar-refractivity contribution is 5.45. The van der Waals surface area contributed by atoms with E-state index in [-0.39, 0.29) is 16.9 Å². The minimum atomic E-state index is -0.385. The first-order chi connectivity index (χ1) is 9.97. The van der Waals surface area contributed by atoms with Crippen molar-refractivity contribution in [3.8, 4) is 0 Å². The quantitative estimate of drug-likeness (QED) is 0.616. The molecular formula is C19H24O2. The Morgan fingerprint density at radius 2 is 1.95 bits per heavy atom. The van der Waals surface area contributed by atoms with Crippen molar-refractivity contribution >= 4 is 0 Å². The van der Waals surface area contributed by atoms with Gasteiger partial charge in [0.15, 0.2) is 0 Å². The van der Waals surface area contributed by atoms with Crippen LogP contribution in [0.15, 0.2) is 47.0 Å². The second kappa shape index (κ2) is 4.06. The predicted octanol–water partition coefficient (Wildman–Crippen LogP) is 4.97. The van der Waals surface area contributed by atoms with E-state index in [4.69, 9.17) is 0 Å². The van der Waals surface area contributed by atoms with Gasteiger partial charge in [-0.25, -0.2) is 0 Å². The fraction of sp³-hybridized carbons (Fsp3) is 0.579. The maximum absolute atomic E-state index is 10.6. The molecule has 0 aromatic rings. The van der Waals surface area contributed by atoms with E-state index in [0.717, 1.165) is 12.8 Å². The zero-order chi connectivity index (χ0) is 14.8. The lowest BCUT2D eigenvalue weighted by atomic mass is 9.52. The average Bonchev–Trinajstić information content (AvgIpc) is 2.86. The number of aliphatic hydroxyl groups excluding tert-OH is 2. The lowest BCUT2D eigenvalue weighted by Crippen LogP contribution is -2.44. The fourth-order valence-corrected chi connectivity index (χ4v) is 5.23. The third-order valence-electron chi connectivity index (χ3n) is 6.67. The largest absolute Gasteiger partial charge is 0.509 e. The first-order valence-electron chi connectivity index (χ1n) is 8.16. The summed E-state index contributed by atoms with van der Waals surface area (Å²) in [5.41, 5.74) is 2.73. The Labute approximate surface area is 126 Å². The van der Waals surface area contributed by atoms with Crippen LogP contribution in [-0.2, 0) is 0 Å². The minimum absolute atomic E-state index is 0.200. The fourth-order valence-electron chi connectivity index (χ4n) is 5.23. The summed E-state index contributed by atoms with van der Waals surface area (Å²) in [5.74, 6) is 1.26. The number of hydrogen-bond acceptors (Lipinski definition) is 2. The second-order valence-corrected chi connectivity index (χ2v) is 7.71. The molecule has 21 heavy (non-hydrogen) atoms. The van der Waals surface area contributed by atoms with Crippen molar-refractivity contribution in [1.82, 2.24) is 0 Å². The van der Waals surface area contributed by atoms with Crippen LogP contribution < -0.4 is 0 Å². The van der Waals surface area contributed by atoms with E-state index < -0.39 is 0 Å². The van der Waals surface area contributed by atoms with Gasteiger partial charge < -0.3 is 10.2 Å². The van der Waals surface area contributed by atoms with E-state index in [2.05, 4.69) is 38.2 Å². The number of fused-ring (bicyclic) bond motifs is 5. The first-order valence-corrected chi connectivity index (χ1v) is 8.16. The van der Waals surface area contributed by atoms with Crippen LogP contribution in [0.25, 0.3) is 0 Å². The summed E-state index contributed by atoms with van der Waals surface area (Å²) in [4.78, 5) is 0. The molecule has 0 saturated heterocycles. The van der Waals surface area contributed by atoms with E-state index >= 15 is 0 Å². The van der Waals surface area contributed by atoms with Crippen LogP contribution in [0, 0.1) is 22.7 Å². The van der Waals surface area contributed by atoms with Crippen LogP contribution in [0.5, 0.6) is 0 Å². The lowest BCUT2D eigenvalue weighted by molar-refractivity contribution is 0.0987. The van der Waals surface area contributed by atoms with Crippen LogP contribution in [0.4, 0.5) is 0 Å². The van der Waals surface area contributed by atoms with Crippen molar-refractivity contribution in [3.05, 3.63) is 47.0 Å². The second-order valence-electron chi connectivity index (χ2n) is 7.71. The molecule has 0 aromatic heterocycles. The smallest absolute Gasteiger partial charge is 0.140 e. The third-order valence-corrected chi connectivity index (χ3v) is 6.67. The molecule has 0 heterocycles. The predicted molar refractivity (Wildman–Crippen MR) is 83.9 cm³/mol. The summed E-state index contributed by atoms with van der Waals surface area (Å²) < 4.78 is 0. The van der Waals surface area contributed by atoms with Gasteiger partial charge in [0.25, 0.3) is 0 Å². The van der Waals surface area contributed by atoms with E-state index in [1.807, 2.05) is 0 Å². The molecule has 0 spiro atoms. The van der Waals surface area contributed by atoms with Gasteiger partial charge in [-0.15, -0.1) is 0 Å². The molecule has 0 aliphatic heterocycles. The molecule has 4 aliphatic rings. The summed E-state index contributed by atoms with van der Waals surface area (Å²) in [5, 5.41) is 20.7. The van der Waals surface area contributed by atoms with Gasteiger partial charge in [-0.2, -0.15) is 0 Å². The van der Waals surface area contributed by atoms with Gasteiger partial charge in [0.05, 0.1) is 5.41 Å². The summed E-state index contributed by atoms with van der Waals surface area (Å²) in [6.07, 6.45) is 14.1. The molecule has 112 valence electrons. The molecule has 0 aromatic carbocycles. The van der Waals surface area contributed by atoms with Crippen LogP contribution >= 0.6 is 0 Å². The monoisotopic (exact) mass is 284 g/mol. The Balaban J connectivity index is 1.84. The SMILES string of the molecule is C[C@@]12CC=C[C@H]1C1=CC=C3CCC(O)=C(O)[C@]3(C)[C@H]1CC2. The van der Waals surface area contributed by atoms with Crippen LogP contribution in [0.2, 0.25) is 0 Å². The van der Waals surface area contributed by atoms with Crippen molar-refractivity contribution < 1.29 is 10.2 Å². The molecule has 2 N–H and O–H groups in total. The normalized spacial score (nSPS) is 44.7. The zero-order valence-corrected chi connectivity index (χ0v) is 12.9. The lowest BCUT2D eigenvalue weighted by Gasteiger charge is -2.52. The van der Waals surface area contributed by atoms with Gasteiger partial charge in [-0.05, 0) is 43.9 Å². The van der Waals surface area contributed by atoms with Crippen molar-refractivity contribution in [2.75, 3.05) is 0 Å². The molecule has 1 saturated carbocycles. The van der Waals surface area contributed by atoms with Gasteiger partial charge in [0, 0.05) is 12.3 Å². The topological polar surface area (TPSA) is 40.5 Å². The van der Waals surface area contributed by atoms with Gasteiger partial charge in [-0.1, -0.05) is 42.4 Å². The molecule has 2 nitrogen and oxygen atoms in total. The summed E-state index contributed by atoms with van der Waals surface area (Å²) >= 11 is 0. The summed E-state index contributed by atoms with van der Waals surface area (Å²) in [6.45, 7) is 4.52. The number of hydrogen-bond donors (Lipinski definition) is 2. The van der Waals surface area contributed by atoms with E-state index in [0.29, 0.717) is 23.7 Å². The molecule has 0 amide bonds. The minimum Gasteiger partial charge on any atom is -0.509 e. The molecular weight excluding hydrogens is 260 g/mol. The van der Waals surface area contributed by atoms with Gasteiger partial charge in [0.1, 0.15) is 11.5 Å². The van der Waals surface area contributed by atoms with Crippen molar-refractivity contribution in [2.45, 2.75) is 46.0 Å². The third kappa shape index (κ3) is 1.54. The Bertz CT molecular complexity index is 621. The first kappa shape index (κ1) is 13.2. The summed E-state index contributed by atoms with van der Waals surface area (Å²) in [7, 11) is 0. The molecule has 4 rings (SSSR count). The number of allylic oxidation sites excluding steroid dienone is 7. The van der Waals surface area contributed by atoms with Crippen molar-refractivity contribution in [1.29, 1.82) is 0 Å². The highest BCUT2D eigenvalue weighted by Crippen LogP contribution is 2.62. The Morgan fingerprint density at radius 1 is 1.14 bits per heavy atom. The highest BCUT2D eigenvalue weighted by Gasteiger charge is 2.54. The van der Waals surface area contributed by atoms with E-state index in [1.54, 1.807) is 0 Å². The molecule has 0 radical (unpaired) electrons. The van der Waals surface area contributed by atoms with Crippen LogP contribution in [0.1, 0.15) is 46.0 Å². The molecule has 4 atom stereocenters. The van der Waals surface area contributed by atoms with Gasteiger partial charge in [0.2, 0.25) is 0 Å². The molecule has 0 unspecified atom stereocenters. The molecule has 0 bridgehead atoms. The van der Waals surface area contributed by atoms with Gasteiger partial charge in [-0.3, -0.25) is 0 Å². The van der Waals surface area contributed by atoms with Crippen molar-refractivity contribution in [2.24, 2.45) is 22.7 Å². The number of aliphatic hydroxyl groups is 2. The molecule has 4 aliphatic carbocycles. The average molecular weight is 284 g/mol. The Kier molecular flexibility index (Phi) is 2.56. The highest BCUT2D eigenvalue weighted by atomic mass is 16.3. The van der Waals surface area contributed by atoms with Crippen molar-refractivity contribution in [3.63, 3.8) is 0 Å². The molecule has 1 fully saturated rings. The zero-order valence-electron chi connectivity index (χ0n) is 12.9. The Hall–Kier alpha value is -1.44. The Morgan fingerprint density at radius 3 is 2.76 bits per heavy atom. The standard InChI is InChI=1S/C19H24O2/c1-18-10-3-4-14(18)13-7-5-12-6-8-16(20)17(21)19(12,2)15(13)9-11-18/h3-5,7,14-15,20-21H,6,8-11H2,1-2H3/t14-,15-,18-,19-/m0/s1. The van der Waals surface area contributed by atoms with Gasteiger partial charge >= 0.3 is 0 Å². The number of rotatable bonds is 0. The van der Waals surface area contributed by atoms with Crippen LogP contribution in [0.3, 0.4) is 0 Å². The molecule has 2 heteroatoms. The van der Waals surface area contributed by atoms with E-state index in [9.17, 15) is 10.2 Å². The van der Waals surface area contributed by atoms with E-state index in [1.165, 1.54) is 24.0 Å². The maximum atomic E-state index is 10.6. The maximum Gasteiger partial charge on any atom is 0.140 e.